The molecule has 2 heteroatoms. The van der Waals surface area contributed by atoms with Crippen molar-refractivity contribution >= 4 is 5.78 Å². The Morgan fingerprint density at radius 1 is 1.27 bits per heavy atom. The molecular formula is C9H20NO+. The number of carbonyl (C=O) groups is 1. The highest BCUT2D eigenvalue weighted by Gasteiger charge is 1.98. The molecule has 1 N–H and O–H groups in total. The molecule has 0 aliphatic rings. The lowest BCUT2D eigenvalue weighted by Crippen LogP contribution is -3.05. The van der Waals surface area contributed by atoms with E-state index in [1.807, 2.05) is 6.92 Å². The van der Waals surface area contributed by atoms with E-state index in [4.69, 9.17) is 0 Å². The molecule has 0 fully saturated rings. The number of quaternary nitrogens is 1. The van der Waals surface area contributed by atoms with Crippen LogP contribution in [0.2, 0.25) is 0 Å². The summed E-state index contributed by atoms with van der Waals surface area (Å²) in [6, 6.07) is 0. The van der Waals surface area contributed by atoms with Crippen LogP contribution in [0.3, 0.4) is 0 Å². The zero-order valence-electron chi connectivity index (χ0n) is 7.94. The molecule has 2 nitrogen and oxygen atoms in total. The van der Waals surface area contributed by atoms with Crippen LogP contribution in [0, 0.1) is 0 Å². The fourth-order valence-corrected chi connectivity index (χ4v) is 0.977. The van der Waals surface area contributed by atoms with Gasteiger partial charge in [-0.05, 0) is 12.8 Å². The van der Waals surface area contributed by atoms with Crippen molar-refractivity contribution in [1.82, 2.24) is 0 Å². The molecule has 0 atom stereocenters. The summed E-state index contributed by atoms with van der Waals surface area (Å²) in [5, 5.41) is 0. The Morgan fingerprint density at radius 2 is 1.91 bits per heavy atom. The van der Waals surface area contributed by atoms with Gasteiger partial charge in [0.05, 0.1) is 20.6 Å². The zero-order valence-corrected chi connectivity index (χ0v) is 7.94. The van der Waals surface area contributed by atoms with Gasteiger partial charge < -0.3 is 4.90 Å². The number of nitrogens with one attached hydrogen (secondary N) is 1. The standard InChI is InChI=1S/C9H19NO/c1-4-9(11)7-5-6-8-10(2)3/h4-8H2,1-3H3/p+1. The molecule has 0 amide bonds. The average Bonchev–Trinajstić information content (AvgIpc) is 1.97. The second kappa shape index (κ2) is 6.35. The number of Topliss-reactive ketones (excluding diaryl/α,β-unsaturated/α-hetero) is 1. The van der Waals surface area contributed by atoms with Gasteiger partial charge in [0.2, 0.25) is 0 Å². The monoisotopic (exact) mass is 158 g/mol. The van der Waals surface area contributed by atoms with Gasteiger partial charge in [-0.2, -0.15) is 0 Å². The van der Waals surface area contributed by atoms with E-state index in [0.717, 1.165) is 12.8 Å². The third-order valence-corrected chi connectivity index (χ3v) is 1.78. The summed E-state index contributed by atoms with van der Waals surface area (Å²) in [7, 11) is 4.28. The number of carbonyl (C=O) groups excluding carboxylic acids is 1. The van der Waals surface area contributed by atoms with Gasteiger partial charge in [0.25, 0.3) is 0 Å². The molecule has 0 aromatic heterocycles. The first kappa shape index (κ1) is 10.6. The van der Waals surface area contributed by atoms with Gasteiger partial charge in [-0.3, -0.25) is 4.79 Å². The van der Waals surface area contributed by atoms with Crippen molar-refractivity contribution in [2.24, 2.45) is 0 Å². The Bertz CT molecular complexity index is 110. The van der Waals surface area contributed by atoms with Gasteiger partial charge in [0.15, 0.2) is 0 Å². The lowest BCUT2D eigenvalue weighted by Gasteiger charge is -2.05. The van der Waals surface area contributed by atoms with Gasteiger partial charge in [-0.25, -0.2) is 0 Å². The highest BCUT2D eigenvalue weighted by Crippen LogP contribution is 1.96. The van der Waals surface area contributed by atoms with Crippen molar-refractivity contribution in [1.29, 1.82) is 0 Å². The first-order valence-electron chi connectivity index (χ1n) is 4.47. The van der Waals surface area contributed by atoms with Gasteiger partial charge in [-0.15, -0.1) is 0 Å². The second-order valence-electron chi connectivity index (χ2n) is 3.31. The fourth-order valence-electron chi connectivity index (χ4n) is 0.977. The molecule has 66 valence electrons. The van der Waals surface area contributed by atoms with Crippen molar-refractivity contribution < 1.29 is 9.69 Å². The maximum Gasteiger partial charge on any atom is 0.132 e. The molecule has 0 radical (unpaired) electrons. The summed E-state index contributed by atoms with van der Waals surface area (Å²) in [4.78, 5) is 12.3. The molecule has 0 bridgehead atoms. The van der Waals surface area contributed by atoms with Crippen LogP contribution in [0.4, 0.5) is 0 Å². The topological polar surface area (TPSA) is 21.5 Å². The number of hydrogen-bond acceptors (Lipinski definition) is 1. The van der Waals surface area contributed by atoms with Gasteiger partial charge in [-0.1, -0.05) is 6.92 Å². The minimum atomic E-state index is 0.402. The van der Waals surface area contributed by atoms with E-state index >= 15 is 0 Å². The Labute approximate surface area is 69.6 Å². The number of unbranched alkanes of at least 4 members (excludes halogenated alkanes) is 1. The molecule has 0 spiro atoms. The van der Waals surface area contributed by atoms with E-state index in [2.05, 4.69) is 14.1 Å². The molecule has 0 aromatic carbocycles. The first-order chi connectivity index (χ1) is 5.16. The summed E-state index contributed by atoms with van der Waals surface area (Å²) in [6.07, 6.45) is 3.73. The Balaban J connectivity index is 3.08. The summed E-state index contributed by atoms with van der Waals surface area (Å²) in [5.74, 6) is 0.402. The molecule has 11 heavy (non-hydrogen) atoms. The lowest BCUT2D eigenvalue weighted by molar-refractivity contribution is -0.858. The molecule has 0 heterocycles. The minimum Gasteiger partial charge on any atom is -0.340 e. The van der Waals surface area contributed by atoms with Crippen LogP contribution in [0.25, 0.3) is 0 Å². The minimum absolute atomic E-state index is 0.402. The Kier molecular flexibility index (Phi) is 6.13. The predicted octanol–water partition coefficient (Wildman–Crippen LogP) is 0.280. The molecular weight excluding hydrogens is 138 g/mol. The number of ketones is 1. The zero-order chi connectivity index (χ0) is 8.69. The quantitative estimate of drug-likeness (QED) is 0.551. The summed E-state index contributed by atoms with van der Waals surface area (Å²) >= 11 is 0. The van der Waals surface area contributed by atoms with Crippen LogP contribution in [0.15, 0.2) is 0 Å². The van der Waals surface area contributed by atoms with E-state index < -0.39 is 0 Å². The third-order valence-electron chi connectivity index (χ3n) is 1.78. The normalized spacial score (nSPS) is 10.5. The SMILES string of the molecule is CCC(=O)CCCC[NH+](C)C. The summed E-state index contributed by atoms with van der Waals surface area (Å²) in [5.41, 5.74) is 0. The van der Waals surface area contributed by atoms with Gasteiger partial charge >= 0.3 is 0 Å². The van der Waals surface area contributed by atoms with Gasteiger partial charge in [0.1, 0.15) is 5.78 Å². The molecule has 0 unspecified atom stereocenters. The molecule has 0 aliphatic carbocycles. The molecule has 0 saturated carbocycles. The smallest absolute Gasteiger partial charge is 0.132 e. The molecule has 0 rings (SSSR count). The van der Waals surface area contributed by atoms with Crippen LogP contribution < -0.4 is 4.90 Å². The van der Waals surface area contributed by atoms with Crippen molar-refractivity contribution in [2.45, 2.75) is 32.6 Å². The highest BCUT2D eigenvalue weighted by atomic mass is 16.1. The number of hydrogen-bond donors (Lipinski definition) is 1. The number of rotatable bonds is 6. The maximum absolute atomic E-state index is 10.8. The predicted molar refractivity (Wildman–Crippen MR) is 46.8 cm³/mol. The van der Waals surface area contributed by atoms with E-state index in [1.54, 1.807) is 0 Å². The van der Waals surface area contributed by atoms with Crippen LogP contribution in [-0.2, 0) is 4.79 Å². The van der Waals surface area contributed by atoms with E-state index in [-0.39, 0.29) is 0 Å². The van der Waals surface area contributed by atoms with E-state index in [1.165, 1.54) is 17.9 Å². The Morgan fingerprint density at radius 3 is 2.36 bits per heavy atom. The first-order valence-corrected chi connectivity index (χ1v) is 4.47. The van der Waals surface area contributed by atoms with Crippen molar-refractivity contribution in [3.63, 3.8) is 0 Å². The summed E-state index contributed by atoms with van der Waals surface area (Å²) < 4.78 is 0. The summed E-state index contributed by atoms with van der Waals surface area (Å²) in [6.45, 7) is 3.11. The largest absolute Gasteiger partial charge is 0.340 e. The van der Waals surface area contributed by atoms with Gasteiger partial charge in [0, 0.05) is 12.8 Å². The average molecular weight is 158 g/mol. The fraction of sp³-hybridized carbons (Fsp3) is 0.889. The second-order valence-corrected chi connectivity index (χ2v) is 3.31. The lowest BCUT2D eigenvalue weighted by atomic mass is 10.1. The Hall–Kier alpha value is -0.370. The van der Waals surface area contributed by atoms with E-state index in [9.17, 15) is 4.79 Å². The molecule has 0 aromatic rings. The maximum atomic E-state index is 10.8. The molecule has 0 aliphatic heterocycles. The van der Waals surface area contributed by atoms with Crippen LogP contribution in [0.5, 0.6) is 0 Å². The van der Waals surface area contributed by atoms with Crippen molar-refractivity contribution in [2.75, 3.05) is 20.6 Å². The van der Waals surface area contributed by atoms with Crippen molar-refractivity contribution in [3.8, 4) is 0 Å². The van der Waals surface area contributed by atoms with Crippen LogP contribution in [0.1, 0.15) is 32.6 Å². The van der Waals surface area contributed by atoms with E-state index in [0.29, 0.717) is 12.2 Å². The third kappa shape index (κ3) is 7.53. The molecule has 0 saturated heterocycles. The van der Waals surface area contributed by atoms with Crippen LogP contribution >= 0.6 is 0 Å². The van der Waals surface area contributed by atoms with Crippen LogP contribution in [-0.4, -0.2) is 26.4 Å². The van der Waals surface area contributed by atoms with Crippen molar-refractivity contribution in [3.05, 3.63) is 0 Å². The highest BCUT2D eigenvalue weighted by molar-refractivity contribution is 5.77.